The van der Waals surface area contributed by atoms with Gasteiger partial charge in [0.25, 0.3) is 0 Å². The van der Waals surface area contributed by atoms with Gasteiger partial charge in [0.1, 0.15) is 6.04 Å². The molecular weight excluding hydrogens is 211 g/mol. The first-order chi connectivity index (χ1) is 6.22. The third-order valence-electron chi connectivity index (χ3n) is 1.19. The van der Waals surface area contributed by atoms with E-state index in [1.807, 2.05) is 0 Å². The summed E-state index contributed by atoms with van der Waals surface area (Å²) in [6, 6.07) is -1.16. The first-order valence-corrected chi connectivity index (χ1v) is 5.51. The molecule has 0 radical (unpaired) electrons. The zero-order valence-corrected chi connectivity index (χ0v) is 8.90. The SMILES string of the molecule is CC(C)NC(=O)C(N)COP(=O)(O)O. The Labute approximate surface area is 81.9 Å². The average Bonchev–Trinajstić information content (AvgIpc) is 1.97. The highest BCUT2D eigenvalue weighted by molar-refractivity contribution is 7.46. The molecule has 0 saturated carbocycles. The van der Waals surface area contributed by atoms with Gasteiger partial charge in [-0.2, -0.15) is 0 Å². The molecule has 0 aliphatic carbocycles. The molecule has 0 aliphatic heterocycles. The summed E-state index contributed by atoms with van der Waals surface area (Å²) in [6.07, 6.45) is 0. The summed E-state index contributed by atoms with van der Waals surface area (Å²) in [5, 5.41) is 2.48. The van der Waals surface area contributed by atoms with E-state index in [2.05, 4.69) is 9.84 Å². The molecule has 1 unspecified atom stereocenters. The van der Waals surface area contributed by atoms with Crippen LogP contribution in [0.25, 0.3) is 0 Å². The van der Waals surface area contributed by atoms with Crippen LogP contribution in [0.4, 0.5) is 0 Å². The topological polar surface area (TPSA) is 122 Å². The summed E-state index contributed by atoms with van der Waals surface area (Å²) in [4.78, 5) is 27.8. The molecule has 0 heterocycles. The van der Waals surface area contributed by atoms with Crippen LogP contribution in [0.2, 0.25) is 0 Å². The molecule has 8 heteroatoms. The minimum absolute atomic E-state index is 0.0800. The van der Waals surface area contributed by atoms with Crippen LogP contribution in [-0.2, 0) is 13.9 Å². The van der Waals surface area contributed by atoms with Crippen molar-refractivity contribution in [3.05, 3.63) is 0 Å². The molecule has 14 heavy (non-hydrogen) atoms. The Kier molecular flexibility index (Phi) is 5.25. The predicted molar refractivity (Wildman–Crippen MR) is 49.3 cm³/mol. The number of nitrogens with two attached hydrogens (primary N) is 1. The molecule has 7 nitrogen and oxygen atoms in total. The van der Waals surface area contributed by atoms with Crippen LogP contribution >= 0.6 is 7.82 Å². The van der Waals surface area contributed by atoms with Gasteiger partial charge in [0.15, 0.2) is 0 Å². The molecule has 0 fully saturated rings. The lowest BCUT2D eigenvalue weighted by Crippen LogP contribution is -2.45. The Morgan fingerprint density at radius 1 is 1.57 bits per heavy atom. The highest BCUT2D eigenvalue weighted by Crippen LogP contribution is 2.35. The molecule has 5 N–H and O–H groups in total. The number of phosphoric ester groups is 1. The highest BCUT2D eigenvalue weighted by Gasteiger charge is 2.20. The largest absolute Gasteiger partial charge is 0.469 e. The molecule has 0 rings (SSSR count). The quantitative estimate of drug-likeness (QED) is 0.443. The number of carbonyl (C=O) groups is 1. The van der Waals surface area contributed by atoms with E-state index in [0.29, 0.717) is 0 Å². The van der Waals surface area contributed by atoms with Gasteiger partial charge in [-0.3, -0.25) is 9.32 Å². The standard InChI is InChI=1S/C6H15N2O5P/c1-4(2)8-6(9)5(7)3-13-14(10,11)12/h4-5H,3,7H2,1-2H3,(H,8,9)(H2,10,11,12). The molecule has 0 aliphatic rings. The number of phosphoric acid groups is 1. The number of carbonyl (C=O) groups excluding carboxylic acids is 1. The van der Waals surface area contributed by atoms with Gasteiger partial charge in [-0.25, -0.2) is 4.57 Å². The molecule has 1 amide bonds. The fourth-order valence-electron chi connectivity index (χ4n) is 0.645. The number of rotatable bonds is 5. The van der Waals surface area contributed by atoms with Crippen LogP contribution in [0, 0.1) is 0 Å². The van der Waals surface area contributed by atoms with Gasteiger partial charge in [0.05, 0.1) is 6.61 Å². The van der Waals surface area contributed by atoms with Gasteiger partial charge >= 0.3 is 7.82 Å². The Morgan fingerprint density at radius 2 is 2.07 bits per heavy atom. The first-order valence-electron chi connectivity index (χ1n) is 3.98. The van der Waals surface area contributed by atoms with E-state index >= 15 is 0 Å². The Morgan fingerprint density at radius 3 is 2.43 bits per heavy atom. The molecule has 0 aromatic heterocycles. The van der Waals surface area contributed by atoms with Crippen LogP contribution in [-0.4, -0.2) is 34.4 Å². The Bertz CT molecular complexity index is 238. The lowest BCUT2D eigenvalue weighted by Gasteiger charge is -2.14. The first kappa shape index (κ1) is 13.5. The van der Waals surface area contributed by atoms with Gasteiger partial charge in [0, 0.05) is 6.04 Å². The summed E-state index contributed by atoms with van der Waals surface area (Å²) in [5.74, 6) is -0.506. The minimum Gasteiger partial charge on any atom is -0.353 e. The van der Waals surface area contributed by atoms with Crippen molar-refractivity contribution in [1.29, 1.82) is 0 Å². The van der Waals surface area contributed by atoms with Crippen molar-refractivity contribution in [3.63, 3.8) is 0 Å². The zero-order valence-electron chi connectivity index (χ0n) is 8.01. The van der Waals surface area contributed by atoms with Crippen molar-refractivity contribution in [2.45, 2.75) is 25.9 Å². The van der Waals surface area contributed by atoms with Crippen molar-refractivity contribution < 1.29 is 23.7 Å². The maximum Gasteiger partial charge on any atom is 0.469 e. The van der Waals surface area contributed by atoms with Crippen molar-refractivity contribution in [2.75, 3.05) is 6.61 Å². The van der Waals surface area contributed by atoms with E-state index < -0.39 is 26.4 Å². The smallest absolute Gasteiger partial charge is 0.353 e. The fraction of sp³-hybridized carbons (Fsp3) is 0.833. The maximum absolute atomic E-state index is 11.1. The van der Waals surface area contributed by atoms with Gasteiger partial charge < -0.3 is 20.8 Å². The average molecular weight is 226 g/mol. The summed E-state index contributed by atoms with van der Waals surface area (Å²) >= 11 is 0. The zero-order chi connectivity index (χ0) is 11.4. The van der Waals surface area contributed by atoms with Crippen LogP contribution < -0.4 is 11.1 Å². The monoisotopic (exact) mass is 226 g/mol. The molecule has 1 atom stereocenters. The summed E-state index contributed by atoms with van der Waals surface area (Å²) in [5.41, 5.74) is 5.29. The van der Waals surface area contributed by atoms with E-state index in [9.17, 15) is 9.36 Å². The number of hydrogen-bond acceptors (Lipinski definition) is 4. The molecule has 84 valence electrons. The Hall–Kier alpha value is -0.460. The van der Waals surface area contributed by atoms with E-state index in [0.717, 1.165) is 0 Å². The highest BCUT2D eigenvalue weighted by atomic mass is 31.2. The molecule has 0 bridgehead atoms. The third kappa shape index (κ3) is 6.99. The fourth-order valence-corrected chi connectivity index (χ4v) is 0.999. The van der Waals surface area contributed by atoms with E-state index in [1.54, 1.807) is 13.8 Å². The van der Waals surface area contributed by atoms with Gasteiger partial charge in [-0.1, -0.05) is 0 Å². The molecular formula is C6H15N2O5P. The Balaban J connectivity index is 3.91. The van der Waals surface area contributed by atoms with Gasteiger partial charge in [-0.05, 0) is 13.8 Å². The van der Waals surface area contributed by atoms with Gasteiger partial charge in [0.2, 0.25) is 5.91 Å². The third-order valence-corrected chi connectivity index (χ3v) is 1.68. The van der Waals surface area contributed by atoms with E-state index in [4.69, 9.17) is 15.5 Å². The van der Waals surface area contributed by atoms with E-state index in [-0.39, 0.29) is 6.04 Å². The molecule has 0 spiro atoms. The summed E-state index contributed by atoms with van der Waals surface area (Å²) < 4.78 is 14.3. The lowest BCUT2D eigenvalue weighted by atomic mass is 10.3. The molecule has 0 aromatic rings. The second-order valence-corrected chi connectivity index (χ2v) is 4.30. The van der Waals surface area contributed by atoms with Crippen molar-refractivity contribution in [3.8, 4) is 0 Å². The number of hydrogen-bond donors (Lipinski definition) is 4. The van der Waals surface area contributed by atoms with Crippen LogP contribution in [0.1, 0.15) is 13.8 Å². The van der Waals surface area contributed by atoms with Crippen LogP contribution in [0.3, 0.4) is 0 Å². The minimum atomic E-state index is -4.55. The van der Waals surface area contributed by atoms with Crippen LogP contribution in [0.5, 0.6) is 0 Å². The van der Waals surface area contributed by atoms with Crippen molar-refractivity contribution >= 4 is 13.7 Å². The normalized spacial score (nSPS) is 14.1. The number of amides is 1. The molecule has 0 aromatic carbocycles. The van der Waals surface area contributed by atoms with E-state index in [1.165, 1.54) is 0 Å². The van der Waals surface area contributed by atoms with Gasteiger partial charge in [-0.15, -0.1) is 0 Å². The van der Waals surface area contributed by atoms with Crippen molar-refractivity contribution in [2.24, 2.45) is 5.73 Å². The molecule has 0 saturated heterocycles. The van der Waals surface area contributed by atoms with Crippen LogP contribution in [0.15, 0.2) is 0 Å². The summed E-state index contributed by atoms with van der Waals surface area (Å²) in [6.45, 7) is 2.98. The van der Waals surface area contributed by atoms with Crippen molar-refractivity contribution in [1.82, 2.24) is 5.32 Å². The predicted octanol–water partition coefficient (Wildman–Crippen LogP) is -1.05. The number of nitrogens with one attached hydrogen (secondary N) is 1. The lowest BCUT2D eigenvalue weighted by molar-refractivity contribution is -0.123. The summed E-state index contributed by atoms with van der Waals surface area (Å²) in [7, 11) is -4.55. The second-order valence-electron chi connectivity index (χ2n) is 3.06. The maximum atomic E-state index is 11.1. The second kappa shape index (κ2) is 5.43.